The molecular formula is C13H19NO4. The van der Waals surface area contributed by atoms with Crippen molar-refractivity contribution in [3.05, 3.63) is 23.3 Å². The van der Waals surface area contributed by atoms with Gasteiger partial charge in [-0.2, -0.15) is 0 Å². The lowest BCUT2D eigenvalue weighted by atomic mass is 10.1. The number of ether oxygens (including phenoxy) is 3. The lowest BCUT2D eigenvalue weighted by Crippen LogP contribution is -2.24. The fourth-order valence-corrected chi connectivity index (χ4v) is 1.64. The Labute approximate surface area is 107 Å². The Kier molecular flexibility index (Phi) is 5.45. The zero-order valence-corrected chi connectivity index (χ0v) is 11.2. The average molecular weight is 253 g/mol. The van der Waals surface area contributed by atoms with Crippen LogP contribution in [0.3, 0.4) is 0 Å². The van der Waals surface area contributed by atoms with Crippen LogP contribution in [0, 0.1) is 6.92 Å². The van der Waals surface area contributed by atoms with E-state index in [1.54, 1.807) is 14.2 Å². The molecular weight excluding hydrogens is 234 g/mol. The Morgan fingerprint density at radius 3 is 2.50 bits per heavy atom. The largest absolute Gasteiger partial charge is 0.497 e. The Morgan fingerprint density at radius 1 is 1.22 bits per heavy atom. The number of carbonyl (C=O) groups is 1. The van der Waals surface area contributed by atoms with Crippen molar-refractivity contribution in [2.45, 2.75) is 13.5 Å². The Hall–Kier alpha value is -1.75. The number of aryl methyl sites for hydroxylation is 1. The van der Waals surface area contributed by atoms with Crippen LogP contribution in [0.5, 0.6) is 11.5 Å². The lowest BCUT2D eigenvalue weighted by Gasteiger charge is -2.14. The molecule has 0 amide bonds. The minimum Gasteiger partial charge on any atom is -0.497 e. The fourth-order valence-electron chi connectivity index (χ4n) is 1.64. The molecule has 0 saturated carbocycles. The number of carbonyl (C=O) groups excluding carboxylic acids is 1. The minimum atomic E-state index is -0.292. The molecule has 0 spiro atoms. The quantitative estimate of drug-likeness (QED) is 0.774. The summed E-state index contributed by atoms with van der Waals surface area (Å²) in [6, 6.07) is 3.75. The second kappa shape index (κ2) is 6.86. The topological polar surface area (TPSA) is 56.8 Å². The summed E-state index contributed by atoms with van der Waals surface area (Å²) in [5, 5.41) is 3.01. The van der Waals surface area contributed by atoms with Gasteiger partial charge in [-0.15, -0.1) is 0 Å². The van der Waals surface area contributed by atoms with E-state index in [9.17, 15) is 4.79 Å². The summed E-state index contributed by atoms with van der Waals surface area (Å²) in [6.07, 6.45) is 0. The van der Waals surface area contributed by atoms with Crippen molar-refractivity contribution in [2.75, 3.05) is 27.9 Å². The Balaban J connectivity index is 2.78. The smallest absolute Gasteiger partial charge is 0.319 e. The average Bonchev–Trinajstić information content (AvgIpc) is 2.39. The maximum atomic E-state index is 11.0. The van der Waals surface area contributed by atoms with Crippen LogP contribution in [-0.2, 0) is 16.1 Å². The highest BCUT2D eigenvalue weighted by molar-refractivity contribution is 5.71. The molecule has 0 bridgehead atoms. The van der Waals surface area contributed by atoms with Crippen LogP contribution in [-0.4, -0.2) is 33.8 Å². The Morgan fingerprint density at radius 2 is 1.94 bits per heavy atom. The van der Waals surface area contributed by atoms with Gasteiger partial charge in [-0.05, 0) is 18.6 Å². The molecule has 1 rings (SSSR count). The second-order valence-corrected chi connectivity index (χ2v) is 3.80. The molecule has 100 valence electrons. The number of methoxy groups -OCH3 is 3. The normalized spacial score (nSPS) is 10.0. The first-order valence-electron chi connectivity index (χ1n) is 5.61. The summed E-state index contributed by atoms with van der Waals surface area (Å²) in [6.45, 7) is 2.68. The van der Waals surface area contributed by atoms with Gasteiger partial charge >= 0.3 is 5.97 Å². The molecule has 0 heterocycles. The number of esters is 1. The molecule has 5 heteroatoms. The van der Waals surface area contributed by atoms with E-state index < -0.39 is 0 Å². The van der Waals surface area contributed by atoms with Crippen molar-refractivity contribution in [3.8, 4) is 11.5 Å². The highest BCUT2D eigenvalue weighted by Gasteiger charge is 2.10. The first-order chi connectivity index (χ1) is 8.62. The van der Waals surface area contributed by atoms with E-state index in [-0.39, 0.29) is 12.5 Å². The van der Waals surface area contributed by atoms with Crippen LogP contribution in [0.2, 0.25) is 0 Å². The maximum absolute atomic E-state index is 11.0. The minimum absolute atomic E-state index is 0.172. The first-order valence-corrected chi connectivity index (χ1v) is 5.61. The molecule has 1 aromatic rings. The van der Waals surface area contributed by atoms with Crippen LogP contribution in [0.15, 0.2) is 12.1 Å². The molecule has 0 aliphatic carbocycles. The predicted octanol–water partition coefficient (Wildman–Crippen LogP) is 1.27. The van der Waals surface area contributed by atoms with Crippen molar-refractivity contribution in [3.63, 3.8) is 0 Å². The molecule has 5 nitrogen and oxygen atoms in total. The number of hydrogen-bond acceptors (Lipinski definition) is 5. The number of benzene rings is 1. The predicted molar refractivity (Wildman–Crippen MR) is 68.0 cm³/mol. The number of nitrogens with one attached hydrogen (secondary N) is 1. The third-order valence-electron chi connectivity index (χ3n) is 2.66. The zero-order chi connectivity index (χ0) is 13.5. The van der Waals surface area contributed by atoms with Gasteiger partial charge in [0.2, 0.25) is 0 Å². The van der Waals surface area contributed by atoms with Crippen molar-refractivity contribution in [2.24, 2.45) is 0 Å². The molecule has 0 saturated heterocycles. The SMILES string of the molecule is COC(=O)CNCc1c(C)cc(OC)cc1OC. The van der Waals surface area contributed by atoms with E-state index >= 15 is 0 Å². The van der Waals surface area contributed by atoms with Crippen LogP contribution < -0.4 is 14.8 Å². The van der Waals surface area contributed by atoms with Crippen LogP contribution in [0.1, 0.15) is 11.1 Å². The lowest BCUT2D eigenvalue weighted by molar-refractivity contribution is -0.139. The van der Waals surface area contributed by atoms with Gasteiger partial charge < -0.3 is 19.5 Å². The molecule has 0 atom stereocenters. The molecule has 0 aliphatic rings. The van der Waals surface area contributed by atoms with Gasteiger partial charge in [0, 0.05) is 18.2 Å². The molecule has 0 aliphatic heterocycles. The Bertz CT molecular complexity index is 418. The summed E-state index contributed by atoms with van der Waals surface area (Å²) in [4.78, 5) is 11.0. The van der Waals surface area contributed by atoms with Crippen LogP contribution in [0.4, 0.5) is 0 Å². The van der Waals surface area contributed by atoms with E-state index in [0.29, 0.717) is 6.54 Å². The van der Waals surface area contributed by atoms with Gasteiger partial charge in [0.1, 0.15) is 11.5 Å². The molecule has 1 aromatic carbocycles. The third kappa shape index (κ3) is 3.63. The second-order valence-electron chi connectivity index (χ2n) is 3.80. The van der Waals surface area contributed by atoms with E-state index in [1.807, 2.05) is 19.1 Å². The van der Waals surface area contributed by atoms with Crippen molar-refractivity contribution < 1.29 is 19.0 Å². The standard InChI is InChI=1S/C13H19NO4/c1-9-5-10(16-2)6-12(17-3)11(9)7-14-8-13(15)18-4/h5-6,14H,7-8H2,1-4H3. The van der Waals surface area contributed by atoms with Crippen molar-refractivity contribution in [1.82, 2.24) is 5.32 Å². The fraction of sp³-hybridized carbons (Fsp3) is 0.462. The third-order valence-corrected chi connectivity index (χ3v) is 2.66. The van der Waals surface area contributed by atoms with Gasteiger partial charge in [-0.1, -0.05) is 0 Å². The summed E-state index contributed by atoms with van der Waals surface area (Å²) < 4.78 is 15.1. The zero-order valence-electron chi connectivity index (χ0n) is 11.2. The van der Waals surface area contributed by atoms with E-state index in [2.05, 4.69) is 10.1 Å². The molecule has 0 aromatic heterocycles. The van der Waals surface area contributed by atoms with Crippen molar-refractivity contribution >= 4 is 5.97 Å². The van der Waals surface area contributed by atoms with E-state index in [0.717, 1.165) is 22.6 Å². The number of rotatable bonds is 6. The molecule has 1 N–H and O–H groups in total. The van der Waals surface area contributed by atoms with Crippen molar-refractivity contribution in [1.29, 1.82) is 0 Å². The van der Waals surface area contributed by atoms with Gasteiger partial charge in [0.05, 0.1) is 27.9 Å². The summed E-state index contributed by atoms with van der Waals surface area (Å²) in [5.74, 6) is 1.20. The van der Waals surface area contributed by atoms with Gasteiger partial charge in [-0.25, -0.2) is 0 Å². The van der Waals surface area contributed by atoms with Gasteiger partial charge in [0.15, 0.2) is 0 Å². The molecule has 0 unspecified atom stereocenters. The van der Waals surface area contributed by atoms with E-state index in [4.69, 9.17) is 9.47 Å². The summed E-state index contributed by atoms with van der Waals surface area (Å²) >= 11 is 0. The van der Waals surface area contributed by atoms with Gasteiger partial charge in [0.25, 0.3) is 0 Å². The number of hydrogen-bond donors (Lipinski definition) is 1. The monoisotopic (exact) mass is 253 g/mol. The summed E-state index contributed by atoms with van der Waals surface area (Å²) in [7, 11) is 4.59. The first kappa shape index (κ1) is 14.3. The van der Waals surface area contributed by atoms with Crippen LogP contribution >= 0.6 is 0 Å². The highest BCUT2D eigenvalue weighted by atomic mass is 16.5. The van der Waals surface area contributed by atoms with Crippen LogP contribution in [0.25, 0.3) is 0 Å². The molecule has 0 fully saturated rings. The van der Waals surface area contributed by atoms with E-state index in [1.165, 1.54) is 7.11 Å². The molecule has 18 heavy (non-hydrogen) atoms. The maximum Gasteiger partial charge on any atom is 0.319 e. The highest BCUT2D eigenvalue weighted by Crippen LogP contribution is 2.28. The summed E-state index contributed by atoms with van der Waals surface area (Å²) in [5.41, 5.74) is 2.05. The molecule has 0 radical (unpaired) electrons. The van der Waals surface area contributed by atoms with Gasteiger partial charge in [-0.3, -0.25) is 4.79 Å².